The Labute approximate surface area is 93.6 Å². The molecule has 0 N–H and O–H groups in total. The largest absolute Gasteiger partial charge is 0.312 e. The van der Waals surface area contributed by atoms with Gasteiger partial charge in [-0.25, -0.2) is 9.55 Å². The standard InChI is InChI=1S/C13H12N3/c1-15-10-11-6-3-5-9-16(11)13(15)12-7-2-4-8-14-12/h2-10H,1H3/q+1. The Morgan fingerprint density at radius 1 is 1.12 bits per heavy atom. The average Bonchev–Trinajstić information content (AvgIpc) is 2.66. The van der Waals surface area contributed by atoms with Crippen LogP contribution in [0.5, 0.6) is 0 Å². The maximum Gasteiger partial charge on any atom is 0.312 e. The summed E-state index contributed by atoms with van der Waals surface area (Å²) in [6.07, 6.45) is 5.97. The van der Waals surface area contributed by atoms with E-state index in [9.17, 15) is 0 Å². The quantitative estimate of drug-likeness (QED) is 0.561. The number of imidazole rings is 1. The van der Waals surface area contributed by atoms with Crippen LogP contribution in [-0.2, 0) is 7.05 Å². The Hall–Kier alpha value is -2.16. The van der Waals surface area contributed by atoms with E-state index in [0.29, 0.717) is 0 Å². The molecule has 78 valence electrons. The van der Waals surface area contributed by atoms with Crippen LogP contribution in [0, 0.1) is 0 Å². The third-order valence-corrected chi connectivity index (χ3v) is 2.67. The van der Waals surface area contributed by atoms with Crippen LogP contribution in [-0.4, -0.2) is 9.38 Å². The van der Waals surface area contributed by atoms with Gasteiger partial charge < -0.3 is 0 Å². The first-order valence-corrected chi connectivity index (χ1v) is 5.23. The fourth-order valence-electron chi connectivity index (χ4n) is 1.98. The molecule has 0 unspecified atom stereocenters. The summed E-state index contributed by atoms with van der Waals surface area (Å²) < 4.78 is 4.24. The van der Waals surface area contributed by atoms with Crippen molar-refractivity contribution in [1.29, 1.82) is 0 Å². The Morgan fingerprint density at radius 3 is 2.81 bits per heavy atom. The van der Waals surface area contributed by atoms with Gasteiger partial charge in [-0.1, -0.05) is 12.1 Å². The van der Waals surface area contributed by atoms with Crippen LogP contribution < -0.4 is 4.57 Å². The van der Waals surface area contributed by atoms with Crippen LogP contribution in [0.1, 0.15) is 0 Å². The van der Waals surface area contributed by atoms with Crippen LogP contribution in [0.4, 0.5) is 0 Å². The van der Waals surface area contributed by atoms with Crippen LogP contribution >= 0.6 is 0 Å². The zero-order valence-electron chi connectivity index (χ0n) is 9.04. The first kappa shape index (κ1) is 9.09. The molecule has 3 nitrogen and oxygen atoms in total. The summed E-state index contributed by atoms with van der Waals surface area (Å²) in [5, 5.41) is 0. The molecular formula is C13H12N3+. The lowest BCUT2D eigenvalue weighted by Crippen LogP contribution is -2.28. The number of hydrogen-bond donors (Lipinski definition) is 0. The van der Waals surface area contributed by atoms with Gasteiger partial charge in [-0.15, -0.1) is 0 Å². The summed E-state index contributed by atoms with van der Waals surface area (Å²) in [5.41, 5.74) is 2.15. The number of aryl methyl sites for hydroxylation is 1. The molecule has 0 aliphatic heterocycles. The van der Waals surface area contributed by atoms with Crippen molar-refractivity contribution in [3.8, 4) is 11.5 Å². The van der Waals surface area contributed by atoms with E-state index in [4.69, 9.17) is 0 Å². The molecule has 0 amide bonds. The third kappa shape index (κ3) is 1.29. The molecule has 0 aliphatic carbocycles. The maximum absolute atomic E-state index is 4.39. The lowest BCUT2D eigenvalue weighted by Gasteiger charge is -1.95. The molecule has 0 atom stereocenters. The highest BCUT2D eigenvalue weighted by atomic mass is 15.1. The first-order valence-electron chi connectivity index (χ1n) is 5.23. The second-order valence-corrected chi connectivity index (χ2v) is 3.77. The van der Waals surface area contributed by atoms with E-state index in [-0.39, 0.29) is 0 Å². The zero-order valence-corrected chi connectivity index (χ0v) is 9.04. The molecule has 0 spiro atoms. The second-order valence-electron chi connectivity index (χ2n) is 3.77. The molecule has 3 rings (SSSR count). The van der Waals surface area contributed by atoms with Gasteiger partial charge in [0.25, 0.3) is 0 Å². The van der Waals surface area contributed by atoms with E-state index in [1.165, 1.54) is 5.52 Å². The Morgan fingerprint density at radius 2 is 2.00 bits per heavy atom. The summed E-state index contributed by atoms with van der Waals surface area (Å²) in [4.78, 5) is 4.39. The van der Waals surface area contributed by atoms with Crippen LogP contribution in [0.2, 0.25) is 0 Å². The number of rotatable bonds is 1. The van der Waals surface area contributed by atoms with E-state index >= 15 is 0 Å². The van der Waals surface area contributed by atoms with Gasteiger partial charge in [-0.3, -0.25) is 0 Å². The van der Waals surface area contributed by atoms with Gasteiger partial charge in [0.15, 0.2) is 11.2 Å². The Balaban J connectivity index is 2.35. The predicted octanol–water partition coefficient (Wildman–Crippen LogP) is 1.83. The molecule has 16 heavy (non-hydrogen) atoms. The predicted molar refractivity (Wildman–Crippen MR) is 61.8 cm³/mol. The van der Waals surface area contributed by atoms with Gasteiger partial charge in [0.05, 0.1) is 13.2 Å². The van der Waals surface area contributed by atoms with Crippen molar-refractivity contribution in [2.24, 2.45) is 7.05 Å². The molecule has 0 fully saturated rings. The van der Waals surface area contributed by atoms with Crippen molar-refractivity contribution in [1.82, 2.24) is 9.38 Å². The molecule has 0 aliphatic rings. The van der Waals surface area contributed by atoms with Crippen LogP contribution in [0.3, 0.4) is 0 Å². The SMILES string of the molecule is C[n+]1cc2ccccn2c1-c1ccccn1. The molecular weight excluding hydrogens is 198 g/mol. The second kappa shape index (κ2) is 3.45. The van der Waals surface area contributed by atoms with E-state index in [2.05, 4.69) is 32.4 Å². The zero-order chi connectivity index (χ0) is 11.0. The van der Waals surface area contributed by atoms with E-state index in [1.807, 2.05) is 43.6 Å². The van der Waals surface area contributed by atoms with Crippen LogP contribution in [0.15, 0.2) is 55.0 Å². The topological polar surface area (TPSA) is 21.2 Å². The highest BCUT2D eigenvalue weighted by Gasteiger charge is 2.17. The summed E-state index contributed by atoms with van der Waals surface area (Å²) in [5.74, 6) is 1.09. The molecule has 0 aromatic carbocycles. The number of fused-ring (bicyclic) bond motifs is 1. The maximum atomic E-state index is 4.39. The minimum atomic E-state index is 0.983. The van der Waals surface area contributed by atoms with E-state index in [1.54, 1.807) is 0 Å². The highest BCUT2D eigenvalue weighted by molar-refractivity contribution is 5.55. The summed E-state index contributed by atoms with van der Waals surface area (Å²) in [7, 11) is 2.04. The lowest BCUT2D eigenvalue weighted by molar-refractivity contribution is -0.658. The monoisotopic (exact) mass is 210 g/mol. The minimum absolute atomic E-state index is 0.983. The number of pyridine rings is 2. The van der Waals surface area contributed by atoms with Crippen molar-refractivity contribution in [3.05, 3.63) is 55.0 Å². The highest BCUT2D eigenvalue weighted by Crippen LogP contribution is 2.14. The fraction of sp³-hybridized carbons (Fsp3) is 0.0769. The Kier molecular flexibility index (Phi) is 1.96. The number of hydrogen-bond acceptors (Lipinski definition) is 1. The molecule has 3 heteroatoms. The molecule has 0 bridgehead atoms. The van der Waals surface area contributed by atoms with Gasteiger partial charge in [0.1, 0.15) is 6.20 Å². The van der Waals surface area contributed by atoms with E-state index in [0.717, 1.165) is 11.5 Å². The molecule has 0 radical (unpaired) electrons. The van der Waals surface area contributed by atoms with Gasteiger partial charge in [0.2, 0.25) is 0 Å². The molecule has 3 heterocycles. The van der Waals surface area contributed by atoms with Gasteiger partial charge in [0, 0.05) is 6.20 Å². The Bertz CT molecular complexity index is 626. The van der Waals surface area contributed by atoms with Gasteiger partial charge in [-0.05, 0) is 24.3 Å². The smallest absolute Gasteiger partial charge is 0.248 e. The lowest BCUT2D eigenvalue weighted by atomic mass is 10.3. The summed E-state index contributed by atoms with van der Waals surface area (Å²) in [6.45, 7) is 0. The van der Waals surface area contributed by atoms with Crippen molar-refractivity contribution in [3.63, 3.8) is 0 Å². The number of nitrogens with zero attached hydrogens (tertiary/aromatic N) is 3. The van der Waals surface area contributed by atoms with Crippen molar-refractivity contribution < 1.29 is 4.57 Å². The third-order valence-electron chi connectivity index (χ3n) is 2.67. The normalized spacial score (nSPS) is 10.8. The van der Waals surface area contributed by atoms with Crippen molar-refractivity contribution >= 4 is 5.52 Å². The molecule has 0 saturated carbocycles. The van der Waals surface area contributed by atoms with Gasteiger partial charge in [-0.2, -0.15) is 4.40 Å². The summed E-state index contributed by atoms with van der Waals surface area (Å²) in [6, 6.07) is 12.1. The van der Waals surface area contributed by atoms with Crippen molar-refractivity contribution in [2.75, 3.05) is 0 Å². The minimum Gasteiger partial charge on any atom is -0.248 e. The number of aromatic nitrogens is 3. The fourth-order valence-corrected chi connectivity index (χ4v) is 1.98. The first-order chi connectivity index (χ1) is 7.86. The van der Waals surface area contributed by atoms with Gasteiger partial charge >= 0.3 is 5.82 Å². The molecule has 3 aromatic heterocycles. The van der Waals surface area contributed by atoms with E-state index < -0.39 is 0 Å². The molecule has 3 aromatic rings. The molecule has 0 saturated heterocycles. The van der Waals surface area contributed by atoms with Crippen LogP contribution in [0.25, 0.3) is 17.0 Å². The average molecular weight is 210 g/mol. The van der Waals surface area contributed by atoms with Crippen molar-refractivity contribution in [2.45, 2.75) is 0 Å². The summed E-state index contributed by atoms with van der Waals surface area (Å²) >= 11 is 0.